The third-order valence-corrected chi connectivity index (χ3v) is 21.5. The zero-order valence-corrected chi connectivity index (χ0v) is 57.5. The fourth-order valence-corrected chi connectivity index (χ4v) is 16.3. The van der Waals surface area contributed by atoms with Crippen LogP contribution in [0.15, 0.2) is 342 Å². The quantitative estimate of drug-likeness (QED) is 0.123. The Morgan fingerprint density at radius 1 is 0.238 bits per heavy atom. The fraction of sp³-hybridized carbons (Fsp3) is 0. The molecule has 21 rings (SSSR count). The monoisotopic (exact) mass is 1380 g/mol. The summed E-state index contributed by atoms with van der Waals surface area (Å²) in [7, 11) is 0. The van der Waals surface area contributed by atoms with Crippen LogP contribution in [0.4, 0.5) is 0 Å². The number of fused-ring (bicyclic) bond motifs is 11. The van der Waals surface area contributed by atoms with Crippen molar-refractivity contribution in [3.63, 3.8) is 0 Å². The van der Waals surface area contributed by atoms with Crippen molar-refractivity contribution in [1.29, 1.82) is 0 Å². The van der Waals surface area contributed by atoms with Gasteiger partial charge in [-0.25, -0.2) is 29.9 Å². The normalized spacial score (nSPS) is 11.6. The minimum absolute atomic E-state index is 0.560. The first-order valence-corrected chi connectivity index (χ1v) is 36.2. The van der Waals surface area contributed by atoms with E-state index in [1.165, 1.54) is 9.40 Å². The van der Waals surface area contributed by atoms with E-state index in [0.717, 1.165) is 159 Å². The molecule has 7 heterocycles. The maximum Gasteiger partial charge on any atom is 0.238 e. The molecule has 14 aromatic carbocycles. The number of furan rings is 2. The van der Waals surface area contributed by atoms with E-state index in [0.29, 0.717) is 35.1 Å². The van der Waals surface area contributed by atoms with Crippen molar-refractivity contribution >= 4 is 109 Å². The predicted octanol–water partition coefficient (Wildman–Crippen LogP) is 24.5. The Morgan fingerprint density at radius 2 is 0.600 bits per heavy atom. The molecule has 0 radical (unpaired) electrons. The predicted molar refractivity (Wildman–Crippen MR) is 429 cm³/mol. The second kappa shape index (κ2) is 25.7. The molecule has 492 valence electrons. The first-order valence-electron chi connectivity index (χ1n) is 34.6. The number of benzene rings is 14. The van der Waals surface area contributed by atoms with E-state index in [-0.39, 0.29) is 0 Å². The SMILES string of the molecule is c1ccc(-c2cccc(-c3nc(-c4ccccc4)nc(-c4cccc5oc6c(-c7ccc(-c8nc9ccccc9s8)cc7)cccc6c45)n3)c2)cc1.c1ccc(-c2nc(-c3cccc4oc5c(-c6ccc(-c7nc8ccccc8s7)cc6)cccc5c34)nc(-n3c4ccccc4c4ccccc43)n2)cc1. The summed E-state index contributed by atoms with van der Waals surface area (Å²) in [5.41, 5.74) is 20.5. The van der Waals surface area contributed by atoms with E-state index in [1.54, 1.807) is 22.7 Å². The lowest BCUT2D eigenvalue weighted by Gasteiger charge is -2.11. The minimum atomic E-state index is 0.560. The zero-order chi connectivity index (χ0) is 69.3. The molecule has 0 N–H and O–H groups in total. The molecular formula is C92H55N9O2S2. The molecule has 0 saturated carbocycles. The van der Waals surface area contributed by atoms with Crippen LogP contribution in [-0.2, 0) is 0 Å². The van der Waals surface area contributed by atoms with Gasteiger partial charge in [-0.2, -0.15) is 9.97 Å². The van der Waals surface area contributed by atoms with Gasteiger partial charge < -0.3 is 8.83 Å². The summed E-state index contributed by atoms with van der Waals surface area (Å²) in [5.74, 6) is 3.56. The number of para-hydroxylation sites is 6. The number of hydrogen-bond donors (Lipinski definition) is 0. The number of aromatic nitrogens is 9. The van der Waals surface area contributed by atoms with E-state index in [4.69, 9.17) is 48.7 Å². The molecule has 11 nitrogen and oxygen atoms in total. The molecule has 105 heavy (non-hydrogen) atoms. The van der Waals surface area contributed by atoms with Crippen LogP contribution in [0.3, 0.4) is 0 Å². The molecule has 13 heteroatoms. The average molecular weight is 1380 g/mol. The van der Waals surface area contributed by atoms with Gasteiger partial charge >= 0.3 is 0 Å². The molecule has 21 aromatic rings. The van der Waals surface area contributed by atoms with Gasteiger partial charge in [0, 0.05) is 82.4 Å². The van der Waals surface area contributed by atoms with Crippen LogP contribution < -0.4 is 0 Å². The Hall–Kier alpha value is -13.7. The second-order valence-electron chi connectivity index (χ2n) is 25.7. The summed E-state index contributed by atoms with van der Waals surface area (Å²) in [6, 6.07) is 114. The molecule has 0 bridgehead atoms. The highest BCUT2D eigenvalue weighted by molar-refractivity contribution is 7.22. The molecule has 0 amide bonds. The van der Waals surface area contributed by atoms with Crippen molar-refractivity contribution in [3.8, 4) is 117 Å². The van der Waals surface area contributed by atoms with E-state index >= 15 is 0 Å². The Labute approximate surface area is 609 Å². The molecule has 0 spiro atoms. The molecule has 0 atom stereocenters. The largest absolute Gasteiger partial charge is 0.455 e. The van der Waals surface area contributed by atoms with E-state index in [1.807, 2.05) is 103 Å². The Kier molecular flexibility index (Phi) is 15.0. The van der Waals surface area contributed by atoms with Crippen molar-refractivity contribution in [2.24, 2.45) is 0 Å². The van der Waals surface area contributed by atoms with Gasteiger partial charge in [0.15, 0.2) is 29.1 Å². The van der Waals surface area contributed by atoms with Crippen molar-refractivity contribution in [2.45, 2.75) is 0 Å². The smallest absolute Gasteiger partial charge is 0.238 e. The molecule has 0 fully saturated rings. The third kappa shape index (κ3) is 11.1. The number of hydrogen-bond acceptors (Lipinski definition) is 12. The van der Waals surface area contributed by atoms with Crippen LogP contribution in [0.5, 0.6) is 0 Å². The van der Waals surface area contributed by atoms with Crippen LogP contribution in [0.2, 0.25) is 0 Å². The van der Waals surface area contributed by atoms with E-state index < -0.39 is 0 Å². The van der Waals surface area contributed by atoms with E-state index in [9.17, 15) is 0 Å². The van der Waals surface area contributed by atoms with Gasteiger partial charge in [0.25, 0.3) is 0 Å². The molecule has 0 unspecified atom stereocenters. The summed E-state index contributed by atoms with van der Waals surface area (Å²) < 4.78 is 17.9. The Morgan fingerprint density at radius 3 is 1.11 bits per heavy atom. The number of thiazole rings is 2. The lowest BCUT2D eigenvalue weighted by Crippen LogP contribution is -2.06. The Bertz CT molecular complexity index is 6790. The zero-order valence-electron chi connectivity index (χ0n) is 55.9. The van der Waals surface area contributed by atoms with Crippen molar-refractivity contribution in [3.05, 3.63) is 334 Å². The third-order valence-electron chi connectivity index (χ3n) is 19.3. The highest BCUT2D eigenvalue weighted by Gasteiger charge is 2.24. The summed E-state index contributed by atoms with van der Waals surface area (Å²) in [4.78, 5) is 40.4. The highest BCUT2D eigenvalue weighted by atomic mass is 32.1. The molecule has 0 aliphatic carbocycles. The van der Waals surface area contributed by atoms with Gasteiger partial charge in [-0.15, -0.1) is 22.7 Å². The number of nitrogens with zero attached hydrogens (tertiary/aromatic N) is 9. The summed E-state index contributed by atoms with van der Waals surface area (Å²) in [5, 5.41) is 8.27. The number of rotatable bonds is 11. The van der Waals surface area contributed by atoms with Crippen molar-refractivity contribution < 1.29 is 8.83 Å². The van der Waals surface area contributed by atoms with E-state index in [2.05, 4.69) is 235 Å². The van der Waals surface area contributed by atoms with Gasteiger partial charge in [0.05, 0.1) is 31.5 Å². The minimum Gasteiger partial charge on any atom is -0.455 e. The van der Waals surface area contributed by atoms with Crippen molar-refractivity contribution in [2.75, 3.05) is 0 Å². The fourth-order valence-electron chi connectivity index (χ4n) is 14.3. The van der Waals surface area contributed by atoms with Gasteiger partial charge in [-0.1, -0.05) is 279 Å². The lowest BCUT2D eigenvalue weighted by molar-refractivity contribution is 0.669. The molecule has 0 aliphatic heterocycles. The van der Waals surface area contributed by atoms with Crippen LogP contribution in [-0.4, -0.2) is 44.4 Å². The van der Waals surface area contributed by atoms with Crippen LogP contribution in [0.1, 0.15) is 0 Å². The molecular weight excluding hydrogens is 1330 g/mol. The maximum absolute atomic E-state index is 6.70. The first kappa shape index (κ1) is 61.2. The van der Waals surface area contributed by atoms with Crippen molar-refractivity contribution in [1.82, 2.24) is 44.4 Å². The summed E-state index contributed by atoms with van der Waals surface area (Å²) in [6.07, 6.45) is 0. The van der Waals surface area contributed by atoms with Gasteiger partial charge in [-0.05, 0) is 76.9 Å². The topological polar surface area (TPSA) is 134 Å². The molecule has 0 aliphatic rings. The molecule has 0 saturated heterocycles. The summed E-state index contributed by atoms with van der Waals surface area (Å²) in [6.45, 7) is 0. The highest BCUT2D eigenvalue weighted by Crippen LogP contribution is 2.45. The Balaban J connectivity index is 0.000000139. The van der Waals surface area contributed by atoms with Gasteiger partial charge in [0.2, 0.25) is 5.95 Å². The summed E-state index contributed by atoms with van der Waals surface area (Å²) >= 11 is 3.42. The molecule has 7 aromatic heterocycles. The average Bonchev–Trinajstić information content (AvgIpc) is 1.61. The standard InChI is InChI=1S/C46H27N5OS.C46H28N4OS/c1-2-12-29(13-3-1)43-48-44(50-46(49-43)51-37-20-7-4-14-32(37)33-15-5-8-21-38(33)51)35-18-11-22-39-41(35)34-17-10-16-31(42(34)52-39)28-24-26-30(27-25-28)45-47-36-19-6-9-23-40(36)53-45;1-3-12-29(13-4-1)33-16-9-17-34(28-33)44-48-43(31-14-5-2-6-15-31)49-45(50-44)37-20-11-22-39-41(37)36-19-10-18-35(42(36)51-39)30-24-26-32(27-25-30)46-47-38-21-7-8-23-40(38)52-46/h1-27H;1-28H. The van der Waals surface area contributed by atoms with Crippen LogP contribution in [0, 0.1) is 0 Å². The first-order chi connectivity index (χ1) is 52.0. The van der Waals surface area contributed by atoms with Gasteiger partial charge in [0.1, 0.15) is 32.3 Å². The van der Waals surface area contributed by atoms with Crippen LogP contribution >= 0.6 is 22.7 Å². The lowest BCUT2D eigenvalue weighted by atomic mass is 9.99. The second-order valence-corrected chi connectivity index (χ2v) is 27.8. The maximum atomic E-state index is 6.70. The van der Waals surface area contributed by atoms with Gasteiger partial charge in [-0.3, -0.25) is 4.57 Å². The van der Waals surface area contributed by atoms with Crippen LogP contribution in [0.25, 0.3) is 204 Å².